The summed E-state index contributed by atoms with van der Waals surface area (Å²) in [5.74, 6) is 0.166. The Hall–Kier alpha value is -3.51. The molecule has 6 heteroatoms. The molecule has 1 saturated heterocycles. The molecule has 162 valence electrons. The Labute approximate surface area is 188 Å². The summed E-state index contributed by atoms with van der Waals surface area (Å²) in [6.45, 7) is 5.96. The topological polar surface area (TPSA) is 53.7 Å². The van der Waals surface area contributed by atoms with E-state index in [1.807, 2.05) is 17.2 Å². The average molecular weight is 426 g/mol. The summed E-state index contributed by atoms with van der Waals surface area (Å²) in [4.78, 5) is 25.2. The summed E-state index contributed by atoms with van der Waals surface area (Å²) < 4.78 is 2.09. The Bertz CT molecular complexity index is 1230. The fourth-order valence-corrected chi connectivity index (χ4v) is 4.32. The van der Waals surface area contributed by atoms with Gasteiger partial charge in [0.2, 0.25) is 5.91 Å². The second kappa shape index (κ2) is 8.93. The van der Waals surface area contributed by atoms with Gasteiger partial charge in [-0.2, -0.15) is 0 Å². The number of rotatable bonds is 5. The molecular weight excluding hydrogens is 398 g/mol. The zero-order valence-electron chi connectivity index (χ0n) is 18.3. The van der Waals surface area contributed by atoms with Crippen molar-refractivity contribution in [3.05, 3.63) is 90.1 Å². The van der Waals surface area contributed by atoms with E-state index < -0.39 is 0 Å². The van der Waals surface area contributed by atoms with Crippen LogP contribution in [0.1, 0.15) is 23.9 Å². The number of fused-ring (bicyclic) bond motifs is 1. The standard InChI is InChI=1S/C26H27N5O/c1-20(32)30-13-11-29(12-14-30)17-21-9-10-27-24(15-21)16-25-19-31-18-23(7-8-26(31)28-25)22-5-3-2-4-6-22/h2-10,15,18-19H,11-14,16-17H2,1H3. The van der Waals surface area contributed by atoms with Crippen LogP contribution in [-0.4, -0.2) is 56.3 Å². The molecule has 3 aromatic heterocycles. The van der Waals surface area contributed by atoms with Gasteiger partial charge in [0.1, 0.15) is 5.65 Å². The molecule has 0 atom stereocenters. The first-order valence-electron chi connectivity index (χ1n) is 11.1. The quantitative estimate of drug-likeness (QED) is 0.490. The van der Waals surface area contributed by atoms with E-state index in [1.165, 1.54) is 16.7 Å². The molecule has 0 bridgehead atoms. The van der Waals surface area contributed by atoms with Crippen LogP contribution < -0.4 is 0 Å². The highest BCUT2D eigenvalue weighted by molar-refractivity contribution is 5.73. The van der Waals surface area contributed by atoms with Gasteiger partial charge in [0.25, 0.3) is 0 Å². The Balaban J connectivity index is 1.28. The number of carbonyl (C=O) groups excluding carboxylic acids is 1. The van der Waals surface area contributed by atoms with E-state index >= 15 is 0 Å². The highest BCUT2D eigenvalue weighted by Crippen LogP contribution is 2.20. The van der Waals surface area contributed by atoms with Crippen molar-refractivity contribution in [2.75, 3.05) is 26.2 Å². The van der Waals surface area contributed by atoms with E-state index in [9.17, 15) is 4.79 Å². The lowest BCUT2D eigenvalue weighted by molar-refractivity contribution is -0.130. The first-order chi connectivity index (χ1) is 15.6. The molecule has 32 heavy (non-hydrogen) atoms. The van der Waals surface area contributed by atoms with Gasteiger partial charge in [-0.1, -0.05) is 30.3 Å². The number of imidazole rings is 1. The first-order valence-corrected chi connectivity index (χ1v) is 11.1. The number of carbonyl (C=O) groups is 1. The SMILES string of the molecule is CC(=O)N1CCN(Cc2ccnc(Cc3cn4cc(-c5ccccc5)ccc4n3)c2)CC1. The second-order valence-corrected chi connectivity index (χ2v) is 8.40. The molecule has 0 radical (unpaired) electrons. The van der Waals surface area contributed by atoms with Gasteiger partial charge < -0.3 is 9.30 Å². The third-order valence-electron chi connectivity index (χ3n) is 6.08. The predicted molar refractivity (Wildman–Crippen MR) is 125 cm³/mol. The largest absolute Gasteiger partial charge is 0.340 e. The summed E-state index contributed by atoms with van der Waals surface area (Å²) in [5, 5.41) is 0. The molecule has 1 amide bonds. The summed E-state index contributed by atoms with van der Waals surface area (Å²) >= 11 is 0. The van der Waals surface area contributed by atoms with Gasteiger partial charge >= 0.3 is 0 Å². The third kappa shape index (κ3) is 4.55. The fraction of sp³-hybridized carbons (Fsp3) is 0.269. The van der Waals surface area contributed by atoms with E-state index in [4.69, 9.17) is 4.98 Å². The lowest BCUT2D eigenvalue weighted by Gasteiger charge is -2.34. The number of hydrogen-bond acceptors (Lipinski definition) is 4. The van der Waals surface area contributed by atoms with Crippen LogP contribution in [0.5, 0.6) is 0 Å². The van der Waals surface area contributed by atoms with Crippen molar-refractivity contribution in [2.45, 2.75) is 19.9 Å². The maximum absolute atomic E-state index is 11.5. The molecule has 1 aliphatic rings. The van der Waals surface area contributed by atoms with Crippen LogP contribution in [0.3, 0.4) is 0 Å². The molecule has 0 aliphatic carbocycles. The van der Waals surface area contributed by atoms with Crippen molar-refractivity contribution in [2.24, 2.45) is 0 Å². The molecule has 1 aliphatic heterocycles. The number of amides is 1. The number of benzene rings is 1. The van der Waals surface area contributed by atoms with Gasteiger partial charge in [-0.25, -0.2) is 4.98 Å². The molecule has 0 unspecified atom stereocenters. The van der Waals surface area contributed by atoms with Gasteiger partial charge in [0, 0.05) is 70.4 Å². The van der Waals surface area contributed by atoms with E-state index in [1.54, 1.807) is 6.92 Å². The Morgan fingerprint density at radius 1 is 0.906 bits per heavy atom. The highest BCUT2D eigenvalue weighted by atomic mass is 16.2. The van der Waals surface area contributed by atoms with Gasteiger partial charge in [-0.3, -0.25) is 14.7 Å². The lowest BCUT2D eigenvalue weighted by Crippen LogP contribution is -2.47. The first kappa shape index (κ1) is 20.4. The van der Waals surface area contributed by atoms with Crippen molar-refractivity contribution in [3.63, 3.8) is 0 Å². The summed E-state index contributed by atoms with van der Waals surface area (Å²) in [5.41, 5.74) is 6.60. The van der Waals surface area contributed by atoms with Crippen LogP contribution in [0.2, 0.25) is 0 Å². The Morgan fingerprint density at radius 3 is 2.50 bits per heavy atom. The Kier molecular flexibility index (Phi) is 5.69. The van der Waals surface area contributed by atoms with Crippen molar-refractivity contribution in [3.8, 4) is 11.1 Å². The molecule has 6 nitrogen and oxygen atoms in total. The normalized spacial score (nSPS) is 14.7. The van der Waals surface area contributed by atoms with Crippen LogP contribution in [0, 0.1) is 0 Å². The molecule has 0 N–H and O–H groups in total. The molecule has 1 aromatic carbocycles. The van der Waals surface area contributed by atoms with Crippen molar-refractivity contribution < 1.29 is 4.79 Å². The fourth-order valence-electron chi connectivity index (χ4n) is 4.32. The van der Waals surface area contributed by atoms with E-state index in [0.29, 0.717) is 6.42 Å². The zero-order valence-corrected chi connectivity index (χ0v) is 18.3. The van der Waals surface area contributed by atoms with Crippen LogP contribution in [0.4, 0.5) is 0 Å². The van der Waals surface area contributed by atoms with Gasteiger partial charge in [-0.15, -0.1) is 0 Å². The van der Waals surface area contributed by atoms with Crippen LogP contribution in [-0.2, 0) is 17.8 Å². The molecule has 1 fully saturated rings. The van der Waals surface area contributed by atoms with Crippen molar-refractivity contribution in [1.29, 1.82) is 0 Å². The molecule has 4 heterocycles. The van der Waals surface area contributed by atoms with E-state index in [-0.39, 0.29) is 5.91 Å². The number of aromatic nitrogens is 3. The predicted octanol–water partition coefficient (Wildman–Crippen LogP) is 3.65. The minimum Gasteiger partial charge on any atom is -0.340 e. The lowest BCUT2D eigenvalue weighted by atomic mass is 10.1. The maximum atomic E-state index is 11.5. The van der Waals surface area contributed by atoms with Crippen LogP contribution in [0.25, 0.3) is 16.8 Å². The summed E-state index contributed by atoms with van der Waals surface area (Å²) in [7, 11) is 0. The molecular formula is C26H27N5O. The average Bonchev–Trinajstić information content (AvgIpc) is 3.21. The van der Waals surface area contributed by atoms with Crippen molar-refractivity contribution in [1.82, 2.24) is 24.2 Å². The minimum atomic E-state index is 0.166. The number of nitrogens with zero attached hydrogens (tertiary/aromatic N) is 5. The van der Waals surface area contributed by atoms with Crippen LogP contribution >= 0.6 is 0 Å². The number of pyridine rings is 2. The molecule has 4 aromatic rings. The summed E-state index contributed by atoms with van der Waals surface area (Å²) in [6, 6.07) is 18.8. The van der Waals surface area contributed by atoms with Gasteiger partial charge in [-0.05, 0) is 41.0 Å². The number of piperazine rings is 1. The smallest absolute Gasteiger partial charge is 0.219 e. The third-order valence-corrected chi connectivity index (χ3v) is 6.08. The molecule has 0 saturated carbocycles. The Morgan fingerprint density at radius 2 is 1.72 bits per heavy atom. The maximum Gasteiger partial charge on any atom is 0.219 e. The molecule has 5 rings (SSSR count). The highest BCUT2D eigenvalue weighted by Gasteiger charge is 2.18. The van der Waals surface area contributed by atoms with Gasteiger partial charge in [0.15, 0.2) is 0 Å². The summed E-state index contributed by atoms with van der Waals surface area (Å²) in [6.07, 6.45) is 6.82. The van der Waals surface area contributed by atoms with Gasteiger partial charge in [0.05, 0.1) is 5.69 Å². The monoisotopic (exact) mass is 425 g/mol. The zero-order chi connectivity index (χ0) is 21.9. The number of hydrogen-bond donors (Lipinski definition) is 0. The van der Waals surface area contributed by atoms with E-state index in [2.05, 4.69) is 75.2 Å². The van der Waals surface area contributed by atoms with Crippen LogP contribution in [0.15, 0.2) is 73.2 Å². The molecule has 0 spiro atoms. The second-order valence-electron chi connectivity index (χ2n) is 8.40. The minimum absolute atomic E-state index is 0.166. The van der Waals surface area contributed by atoms with E-state index in [0.717, 1.165) is 49.8 Å². The van der Waals surface area contributed by atoms with Crippen molar-refractivity contribution >= 4 is 11.6 Å².